The van der Waals surface area contributed by atoms with Crippen molar-refractivity contribution in [1.82, 2.24) is 5.32 Å². The molecule has 0 radical (unpaired) electrons. The Morgan fingerprint density at radius 2 is 2.05 bits per heavy atom. The zero-order valence-corrected chi connectivity index (χ0v) is 13.0. The lowest BCUT2D eigenvalue weighted by Crippen LogP contribution is -2.48. The van der Waals surface area contributed by atoms with Gasteiger partial charge >= 0.3 is 0 Å². The third-order valence-corrected chi connectivity index (χ3v) is 3.50. The summed E-state index contributed by atoms with van der Waals surface area (Å²) in [5, 5.41) is 4.20. The molecule has 0 aromatic heterocycles. The van der Waals surface area contributed by atoms with Gasteiger partial charge in [-0.05, 0) is 38.0 Å². The van der Waals surface area contributed by atoms with Crippen LogP contribution in [0.25, 0.3) is 0 Å². The van der Waals surface area contributed by atoms with E-state index in [-0.39, 0.29) is 11.8 Å². The first-order valence-electron chi connectivity index (χ1n) is 6.21. The summed E-state index contributed by atoms with van der Waals surface area (Å²) in [5.74, 6) is -0.238. The molecule has 1 amide bonds. The number of hydrogen-bond acceptors (Lipinski definition) is 2. The Hall–Kier alpha value is -0.770. The summed E-state index contributed by atoms with van der Waals surface area (Å²) >= 11 is 12.0. The van der Waals surface area contributed by atoms with Crippen LogP contribution in [0, 0.1) is 5.92 Å². The van der Waals surface area contributed by atoms with Crippen LogP contribution in [0.3, 0.4) is 0 Å². The third kappa shape index (κ3) is 5.01. The van der Waals surface area contributed by atoms with Crippen LogP contribution in [0.1, 0.15) is 26.3 Å². The largest absolute Gasteiger partial charge is 0.351 e. The predicted octanol–water partition coefficient (Wildman–Crippen LogP) is 3.03. The maximum Gasteiger partial charge on any atom is 0.224 e. The maximum atomic E-state index is 11.9. The molecule has 0 heterocycles. The van der Waals surface area contributed by atoms with Gasteiger partial charge in [0, 0.05) is 28.0 Å². The second-order valence-electron chi connectivity index (χ2n) is 5.42. The van der Waals surface area contributed by atoms with Crippen molar-refractivity contribution in [2.75, 3.05) is 6.54 Å². The molecule has 19 heavy (non-hydrogen) atoms. The number of nitrogens with two attached hydrogens (primary N) is 1. The van der Waals surface area contributed by atoms with Gasteiger partial charge in [-0.1, -0.05) is 36.2 Å². The molecule has 0 bridgehead atoms. The van der Waals surface area contributed by atoms with Crippen LogP contribution in [0.5, 0.6) is 0 Å². The van der Waals surface area contributed by atoms with Crippen LogP contribution in [0.15, 0.2) is 18.2 Å². The fourth-order valence-corrected chi connectivity index (χ4v) is 2.22. The highest BCUT2D eigenvalue weighted by Crippen LogP contribution is 2.24. The van der Waals surface area contributed by atoms with Crippen LogP contribution in [0.2, 0.25) is 10.0 Å². The minimum absolute atomic E-state index is 0.0439. The Morgan fingerprint density at radius 3 is 2.58 bits per heavy atom. The monoisotopic (exact) mass is 302 g/mol. The summed E-state index contributed by atoms with van der Waals surface area (Å²) in [4.78, 5) is 11.9. The molecule has 3 N–H and O–H groups in total. The second-order valence-corrected chi connectivity index (χ2v) is 6.27. The van der Waals surface area contributed by atoms with Gasteiger partial charge in [0.1, 0.15) is 0 Å². The van der Waals surface area contributed by atoms with Crippen LogP contribution in [0.4, 0.5) is 0 Å². The van der Waals surface area contributed by atoms with Gasteiger partial charge in [0.05, 0.1) is 0 Å². The SMILES string of the molecule is CC(CN)C(=O)NC(C)(C)Cc1ccc(Cl)cc1Cl. The molecular formula is C14H20Cl2N2O. The van der Waals surface area contributed by atoms with Crippen LogP contribution < -0.4 is 11.1 Å². The van der Waals surface area contributed by atoms with Crippen molar-refractivity contribution in [2.45, 2.75) is 32.7 Å². The molecule has 0 aliphatic carbocycles. The van der Waals surface area contributed by atoms with E-state index in [9.17, 15) is 4.79 Å². The number of nitrogens with one attached hydrogen (secondary N) is 1. The molecule has 0 saturated heterocycles. The van der Waals surface area contributed by atoms with E-state index in [1.165, 1.54) is 0 Å². The van der Waals surface area contributed by atoms with Crippen LogP contribution >= 0.6 is 23.2 Å². The van der Waals surface area contributed by atoms with Gasteiger partial charge in [-0.2, -0.15) is 0 Å². The standard InChI is InChI=1S/C14H20Cl2N2O/c1-9(8-17)13(19)18-14(2,3)7-10-4-5-11(15)6-12(10)16/h4-6,9H,7-8,17H2,1-3H3,(H,18,19). The van der Waals surface area contributed by atoms with Crippen molar-refractivity contribution in [3.05, 3.63) is 33.8 Å². The van der Waals surface area contributed by atoms with E-state index in [0.29, 0.717) is 23.0 Å². The third-order valence-electron chi connectivity index (χ3n) is 2.91. The van der Waals surface area contributed by atoms with Gasteiger partial charge in [-0.3, -0.25) is 4.79 Å². The average Bonchev–Trinajstić information content (AvgIpc) is 2.31. The van der Waals surface area contributed by atoms with Gasteiger partial charge < -0.3 is 11.1 Å². The first-order valence-corrected chi connectivity index (χ1v) is 6.97. The first-order chi connectivity index (χ1) is 8.75. The lowest BCUT2D eigenvalue weighted by atomic mass is 9.94. The van der Waals surface area contributed by atoms with Gasteiger partial charge in [0.2, 0.25) is 5.91 Å². The van der Waals surface area contributed by atoms with Crippen molar-refractivity contribution >= 4 is 29.1 Å². The van der Waals surface area contributed by atoms with E-state index in [4.69, 9.17) is 28.9 Å². The molecule has 5 heteroatoms. The van der Waals surface area contributed by atoms with E-state index in [1.807, 2.05) is 19.9 Å². The number of carbonyl (C=O) groups excluding carboxylic acids is 1. The van der Waals surface area contributed by atoms with Crippen LogP contribution in [-0.2, 0) is 11.2 Å². The molecule has 3 nitrogen and oxygen atoms in total. The smallest absolute Gasteiger partial charge is 0.224 e. The number of amides is 1. The highest BCUT2D eigenvalue weighted by atomic mass is 35.5. The van der Waals surface area contributed by atoms with Crippen molar-refractivity contribution in [3.8, 4) is 0 Å². The number of benzene rings is 1. The molecule has 106 valence electrons. The van der Waals surface area contributed by atoms with Gasteiger partial charge in [0.25, 0.3) is 0 Å². The van der Waals surface area contributed by atoms with E-state index in [0.717, 1.165) is 5.56 Å². The highest BCUT2D eigenvalue weighted by Gasteiger charge is 2.24. The number of carbonyl (C=O) groups is 1. The molecule has 1 atom stereocenters. The second kappa shape index (κ2) is 6.60. The van der Waals surface area contributed by atoms with Crippen LogP contribution in [-0.4, -0.2) is 18.0 Å². The summed E-state index contributed by atoms with van der Waals surface area (Å²) in [6, 6.07) is 5.38. The Morgan fingerprint density at radius 1 is 1.42 bits per heavy atom. The van der Waals surface area contributed by atoms with Gasteiger partial charge in [-0.25, -0.2) is 0 Å². The van der Waals surface area contributed by atoms with E-state index in [1.54, 1.807) is 19.1 Å². The van der Waals surface area contributed by atoms with Crippen molar-refractivity contribution in [3.63, 3.8) is 0 Å². The normalized spacial score (nSPS) is 13.2. The molecule has 0 spiro atoms. The average molecular weight is 303 g/mol. The molecule has 0 fully saturated rings. The topological polar surface area (TPSA) is 55.1 Å². The Labute approximate surface area is 124 Å². The Bertz CT molecular complexity index is 461. The summed E-state index contributed by atoms with van der Waals surface area (Å²) in [7, 11) is 0. The number of halogens is 2. The Balaban J connectivity index is 2.76. The summed E-state index contributed by atoms with van der Waals surface area (Å²) in [6.45, 7) is 6.06. The molecule has 0 saturated carbocycles. The summed E-state index contributed by atoms with van der Waals surface area (Å²) < 4.78 is 0. The lowest BCUT2D eigenvalue weighted by molar-refractivity contribution is -0.125. The summed E-state index contributed by atoms with van der Waals surface area (Å²) in [5.41, 5.74) is 6.05. The first kappa shape index (κ1) is 16.3. The minimum Gasteiger partial charge on any atom is -0.351 e. The molecule has 1 aromatic carbocycles. The molecule has 1 rings (SSSR count). The summed E-state index contributed by atoms with van der Waals surface area (Å²) in [6.07, 6.45) is 0.631. The predicted molar refractivity (Wildman–Crippen MR) is 80.6 cm³/mol. The van der Waals surface area contributed by atoms with Crippen molar-refractivity contribution in [1.29, 1.82) is 0 Å². The van der Waals surface area contributed by atoms with E-state index in [2.05, 4.69) is 5.32 Å². The number of hydrogen-bond donors (Lipinski definition) is 2. The number of rotatable bonds is 5. The zero-order chi connectivity index (χ0) is 14.6. The fourth-order valence-electron chi connectivity index (χ4n) is 1.75. The van der Waals surface area contributed by atoms with E-state index >= 15 is 0 Å². The highest BCUT2D eigenvalue weighted by molar-refractivity contribution is 6.35. The molecule has 1 unspecified atom stereocenters. The zero-order valence-electron chi connectivity index (χ0n) is 11.5. The molecule has 0 aliphatic heterocycles. The Kier molecular flexibility index (Phi) is 5.65. The quantitative estimate of drug-likeness (QED) is 0.878. The van der Waals surface area contributed by atoms with Gasteiger partial charge in [-0.15, -0.1) is 0 Å². The van der Waals surface area contributed by atoms with Crippen molar-refractivity contribution < 1.29 is 4.79 Å². The lowest BCUT2D eigenvalue weighted by Gasteiger charge is -2.28. The maximum absolute atomic E-state index is 11.9. The molecule has 1 aromatic rings. The van der Waals surface area contributed by atoms with Gasteiger partial charge in [0.15, 0.2) is 0 Å². The minimum atomic E-state index is -0.391. The molecule has 0 aliphatic rings. The fraction of sp³-hybridized carbons (Fsp3) is 0.500. The van der Waals surface area contributed by atoms with Crippen molar-refractivity contribution in [2.24, 2.45) is 11.7 Å². The molecular weight excluding hydrogens is 283 g/mol. The van der Waals surface area contributed by atoms with E-state index < -0.39 is 5.54 Å².